The van der Waals surface area contributed by atoms with Crippen molar-refractivity contribution >= 4 is 21.9 Å². The van der Waals surface area contributed by atoms with Crippen LogP contribution in [0.2, 0.25) is 0 Å². The molecule has 1 unspecified atom stereocenters. The van der Waals surface area contributed by atoms with Gasteiger partial charge in [0.2, 0.25) is 0 Å². The fraction of sp³-hybridized carbons (Fsp3) is 0.500. The second kappa shape index (κ2) is 6.39. The molecule has 1 aromatic rings. The van der Waals surface area contributed by atoms with Crippen LogP contribution >= 0.6 is 15.9 Å². The molecule has 0 aliphatic heterocycles. The quantitative estimate of drug-likeness (QED) is 0.842. The Bertz CT molecular complexity index is 460. The molecule has 104 valence electrons. The first-order chi connectivity index (χ1) is 9.04. The molecule has 0 saturated heterocycles. The highest BCUT2D eigenvalue weighted by Crippen LogP contribution is 2.29. The summed E-state index contributed by atoms with van der Waals surface area (Å²) < 4.78 is 6.61. The summed E-state index contributed by atoms with van der Waals surface area (Å²) >= 11 is 3.40. The minimum atomic E-state index is -0.899. The molecule has 0 amide bonds. The summed E-state index contributed by atoms with van der Waals surface area (Å²) in [4.78, 5) is 10.7. The average molecular weight is 328 g/mol. The van der Waals surface area contributed by atoms with Gasteiger partial charge in [0, 0.05) is 10.5 Å². The number of halogens is 1. The summed E-state index contributed by atoms with van der Waals surface area (Å²) in [5.74, 6) is 0.511. The van der Waals surface area contributed by atoms with Crippen molar-refractivity contribution in [2.45, 2.75) is 31.7 Å². The largest absolute Gasteiger partial charge is 0.493 e. The van der Waals surface area contributed by atoms with Crippen molar-refractivity contribution in [2.24, 2.45) is 11.7 Å². The molecule has 2 rings (SSSR count). The van der Waals surface area contributed by atoms with Crippen LogP contribution in [-0.4, -0.2) is 17.7 Å². The van der Waals surface area contributed by atoms with E-state index in [0.29, 0.717) is 5.92 Å². The highest BCUT2D eigenvalue weighted by molar-refractivity contribution is 9.10. The molecule has 0 spiro atoms. The van der Waals surface area contributed by atoms with Gasteiger partial charge in [-0.2, -0.15) is 0 Å². The molecule has 4 nitrogen and oxygen atoms in total. The summed E-state index contributed by atoms with van der Waals surface area (Å²) in [6, 6.07) is 5.04. The van der Waals surface area contributed by atoms with Crippen LogP contribution in [0.4, 0.5) is 0 Å². The lowest BCUT2D eigenvalue weighted by atomic mass is 9.86. The van der Waals surface area contributed by atoms with Crippen LogP contribution in [0, 0.1) is 5.92 Å². The van der Waals surface area contributed by atoms with Crippen molar-refractivity contribution in [3.63, 3.8) is 0 Å². The third kappa shape index (κ3) is 4.21. The molecule has 1 aromatic carbocycles. The number of hydrogen-bond acceptors (Lipinski definition) is 3. The van der Waals surface area contributed by atoms with E-state index < -0.39 is 12.0 Å². The van der Waals surface area contributed by atoms with E-state index in [2.05, 4.69) is 15.9 Å². The van der Waals surface area contributed by atoms with E-state index in [1.54, 1.807) is 0 Å². The van der Waals surface area contributed by atoms with Gasteiger partial charge >= 0.3 is 5.97 Å². The highest BCUT2D eigenvalue weighted by atomic mass is 79.9. The Hall–Kier alpha value is -1.07. The maximum atomic E-state index is 10.7. The molecule has 3 N–H and O–H groups in total. The maximum absolute atomic E-state index is 10.7. The van der Waals surface area contributed by atoms with Crippen molar-refractivity contribution in [1.29, 1.82) is 0 Å². The van der Waals surface area contributed by atoms with Crippen LogP contribution in [0.5, 0.6) is 5.75 Å². The van der Waals surface area contributed by atoms with Gasteiger partial charge in [0.05, 0.1) is 13.0 Å². The lowest BCUT2D eigenvalue weighted by Gasteiger charge is -2.25. The predicted octanol–water partition coefficient (Wildman–Crippen LogP) is 3.10. The smallest absolute Gasteiger partial charge is 0.305 e. The molecular weight excluding hydrogens is 310 g/mol. The average Bonchev–Trinajstić information content (AvgIpc) is 2.25. The maximum Gasteiger partial charge on any atom is 0.305 e. The number of carboxylic acids is 1. The molecular formula is C14H18BrNO3. The second-order valence-corrected chi connectivity index (χ2v) is 5.95. The highest BCUT2D eigenvalue weighted by Gasteiger charge is 2.18. The Morgan fingerprint density at radius 2 is 2.21 bits per heavy atom. The molecule has 1 aliphatic carbocycles. The Labute approximate surface area is 121 Å². The zero-order valence-corrected chi connectivity index (χ0v) is 12.2. The molecule has 0 radical (unpaired) electrons. The van der Waals surface area contributed by atoms with Crippen molar-refractivity contribution < 1.29 is 14.6 Å². The molecule has 1 atom stereocenters. The number of carbonyl (C=O) groups is 1. The molecule has 0 aromatic heterocycles. The molecule has 1 aliphatic rings. The zero-order valence-electron chi connectivity index (χ0n) is 10.6. The van der Waals surface area contributed by atoms with E-state index >= 15 is 0 Å². The number of benzene rings is 1. The number of rotatable bonds is 6. The first-order valence-corrected chi connectivity index (χ1v) is 7.24. The molecule has 1 fully saturated rings. The van der Waals surface area contributed by atoms with Crippen molar-refractivity contribution in [1.82, 2.24) is 0 Å². The van der Waals surface area contributed by atoms with Crippen molar-refractivity contribution in [3.05, 3.63) is 28.2 Å². The topological polar surface area (TPSA) is 72.6 Å². The Kier molecular flexibility index (Phi) is 4.82. The lowest BCUT2D eigenvalue weighted by Crippen LogP contribution is -2.19. The van der Waals surface area contributed by atoms with E-state index in [0.717, 1.165) is 22.4 Å². The van der Waals surface area contributed by atoms with Gasteiger partial charge in [-0.25, -0.2) is 0 Å². The number of hydrogen-bond donors (Lipinski definition) is 2. The van der Waals surface area contributed by atoms with Crippen LogP contribution in [0.15, 0.2) is 22.7 Å². The monoisotopic (exact) mass is 327 g/mol. The number of carboxylic acid groups (broad SMARTS) is 1. The second-order valence-electron chi connectivity index (χ2n) is 5.03. The summed E-state index contributed by atoms with van der Waals surface area (Å²) in [5.41, 5.74) is 6.65. The van der Waals surface area contributed by atoms with Crippen LogP contribution in [0.1, 0.15) is 37.3 Å². The van der Waals surface area contributed by atoms with Gasteiger partial charge < -0.3 is 15.6 Å². The molecule has 0 bridgehead atoms. The number of aliphatic carboxylic acids is 1. The van der Waals surface area contributed by atoms with Gasteiger partial charge in [0.15, 0.2) is 0 Å². The lowest BCUT2D eigenvalue weighted by molar-refractivity contribution is -0.137. The third-order valence-corrected chi connectivity index (χ3v) is 3.88. The summed E-state index contributed by atoms with van der Waals surface area (Å²) in [5, 5.41) is 8.78. The van der Waals surface area contributed by atoms with Crippen LogP contribution in [0.25, 0.3) is 0 Å². The van der Waals surface area contributed by atoms with Crippen LogP contribution in [-0.2, 0) is 4.79 Å². The predicted molar refractivity (Wildman–Crippen MR) is 76.2 cm³/mol. The first kappa shape index (κ1) is 14.3. The van der Waals surface area contributed by atoms with E-state index in [9.17, 15) is 4.79 Å². The normalized spacial score (nSPS) is 16.7. The first-order valence-electron chi connectivity index (χ1n) is 6.45. The van der Waals surface area contributed by atoms with Crippen LogP contribution < -0.4 is 10.5 Å². The van der Waals surface area contributed by atoms with Gasteiger partial charge in [-0.3, -0.25) is 4.79 Å². The van der Waals surface area contributed by atoms with Gasteiger partial charge in [-0.1, -0.05) is 22.4 Å². The summed E-state index contributed by atoms with van der Waals surface area (Å²) in [7, 11) is 0. The molecule has 19 heavy (non-hydrogen) atoms. The van der Waals surface area contributed by atoms with Gasteiger partial charge in [-0.05, 0) is 42.5 Å². The number of nitrogens with two attached hydrogens (primary N) is 1. The molecule has 5 heteroatoms. The van der Waals surface area contributed by atoms with E-state index in [1.807, 2.05) is 18.2 Å². The Balaban J connectivity index is 2.02. The van der Waals surface area contributed by atoms with Gasteiger partial charge in [0.1, 0.15) is 5.75 Å². The van der Waals surface area contributed by atoms with Crippen molar-refractivity contribution in [3.8, 4) is 5.75 Å². The van der Waals surface area contributed by atoms with Crippen molar-refractivity contribution in [2.75, 3.05) is 6.61 Å². The molecule has 1 saturated carbocycles. The summed E-state index contributed by atoms with van der Waals surface area (Å²) in [6.07, 6.45) is 3.68. The summed E-state index contributed by atoms with van der Waals surface area (Å²) in [6.45, 7) is 0.726. The van der Waals surface area contributed by atoms with E-state index in [4.69, 9.17) is 15.6 Å². The minimum Gasteiger partial charge on any atom is -0.493 e. The standard InChI is InChI=1S/C14H18BrNO3/c15-11-4-10(13(16)7-14(17)18)5-12(6-11)19-8-9-2-1-3-9/h4-6,9,13H,1-3,7-8,16H2,(H,17,18). The minimum absolute atomic E-state index is 0.0848. The zero-order chi connectivity index (χ0) is 13.8. The van der Waals surface area contributed by atoms with Gasteiger partial charge in [-0.15, -0.1) is 0 Å². The van der Waals surface area contributed by atoms with E-state index in [1.165, 1.54) is 19.3 Å². The fourth-order valence-electron chi connectivity index (χ4n) is 2.06. The molecule has 0 heterocycles. The fourth-order valence-corrected chi connectivity index (χ4v) is 2.55. The third-order valence-electron chi connectivity index (χ3n) is 3.43. The van der Waals surface area contributed by atoms with Crippen LogP contribution in [0.3, 0.4) is 0 Å². The Morgan fingerprint density at radius 3 is 2.79 bits per heavy atom. The number of ether oxygens (including phenoxy) is 1. The SMILES string of the molecule is NC(CC(=O)O)c1cc(Br)cc(OCC2CCC2)c1. The van der Waals surface area contributed by atoms with E-state index in [-0.39, 0.29) is 6.42 Å². The van der Waals surface area contributed by atoms with Gasteiger partial charge in [0.25, 0.3) is 0 Å². The Morgan fingerprint density at radius 1 is 1.47 bits per heavy atom.